The Morgan fingerprint density at radius 1 is 0.773 bits per heavy atom. The first-order valence-corrected chi connectivity index (χ1v) is 6.84. The molecular weight excluding hydrogens is 280 g/mol. The zero-order valence-electron chi connectivity index (χ0n) is 12.2. The van der Waals surface area contributed by atoms with Crippen molar-refractivity contribution in [3.63, 3.8) is 0 Å². The third-order valence-electron chi connectivity index (χ3n) is 4.15. The number of carboxylic acids is 2. The molecule has 0 saturated carbocycles. The lowest BCUT2D eigenvalue weighted by molar-refractivity contribution is 0.0687. The molecule has 0 aliphatic rings. The molecule has 0 bridgehead atoms. The van der Waals surface area contributed by atoms with Gasteiger partial charge in [0.1, 0.15) is 0 Å². The minimum Gasteiger partial charge on any atom is -0.478 e. The van der Waals surface area contributed by atoms with Gasteiger partial charge in [0, 0.05) is 5.39 Å². The summed E-state index contributed by atoms with van der Waals surface area (Å²) < 4.78 is 0. The molecule has 2 N–H and O–H groups in total. The summed E-state index contributed by atoms with van der Waals surface area (Å²) in [5, 5.41) is 21.2. The van der Waals surface area contributed by atoms with E-state index in [2.05, 4.69) is 0 Å². The number of carbonyl (C=O) groups is 2. The summed E-state index contributed by atoms with van der Waals surface area (Å²) in [5.41, 5.74) is 2.04. The number of fused-ring (bicyclic) bond motifs is 2. The number of aryl methyl sites for hydroxylation is 2. The van der Waals surface area contributed by atoms with E-state index in [9.17, 15) is 19.8 Å². The molecule has 0 amide bonds. The second-order valence-electron chi connectivity index (χ2n) is 5.34. The Balaban J connectivity index is 2.75. The predicted octanol–water partition coefficient (Wildman–Crippen LogP) is 4.01. The van der Waals surface area contributed by atoms with Crippen molar-refractivity contribution in [2.75, 3.05) is 0 Å². The van der Waals surface area contributed by atoms with Gasteiger partial charge >= 0.3 is 11.9 Å². The maximum absolute atomic E-state index is 11.8. The molecule has 0 aliphatic carbocycles. The number of carboxylic acid groups (broad SMARTS) is 2. The van der Waals surface area contributed by atoms with E-state index < -0.39 is 11.9 Å². The zero-order chi connectivity index (χ0) is 16.0. The SMILES string of the molecule is Cc1ccc2c(C(=O)O)c3ccccc3c(C(=O)O)c2c1C. The summed E-state index contributed by atoms with van der Waals surface area (Å²) in [6.45, 7) is 3.71. The molecule has 0 spiro atoms. The second kappa shape index (κ2) is 4.84. The monoisotopic (exact) mass is 294 g/mol. The van der Waals surface area contributed by atoms with Crippen molar-refractivity contribution in [2.45, 2.75) is 13.8 Å². The van der Waals surface area contributed by atoms with E-state index in [1.807, 2.05) is 19.9 Å². The molecule has 3 aromatic rings. The number of benzene rings is 3. The molecule has 0 saturated heterocycles. The number of aromatic carboxylic acids is 2. The van der Waals surface area contributed by atoms with Gasteiger partial charge in [-0.05, 0) is 41.1 Å². The fourth-order valence-corrected chi connectivity index (χ4v) is 3.00. The standard InChI is InChI=1S/C18H14O4/c1-9-7-8-13-14(10(9)2)16(18(21)22)12-6-4-3-5-11(12)15(13)17(19)20/h3-8H,1-2H3,(H,19,20)(H,21,22). The molecule has 0 aliphatic heterocycles. The van der Waals surface area contributed by atoms with Gasteiger partial charge in [0.25, 0.3) is 0 Å². The zero-order valence-corrected chi connectivity index (χ0v) is 12.2. The molecule has 3 rings (SSSR count). The summed E-state index contributed by atoms with van der Waals surface area (Å²) in [4.78, 5) is 23.6. The first kappa shape index (κ1) is 14.1. The van der Waals surface area contributed by atoms with Crippen molar-refractivity contribution in [3.8, 4) is 0 Å². The minimum absolute atomic E-state index is 0.152. The molecule has 4 heteroatoms. The highest BCUT2D eigenvalue weighted by atomic mass is 16.4. The molecule has 0 fully saturated rings. The summed E-state index contributed by atoms with van der Waals surface area (Å²) in [6, 6.07) is 10.3. The molecule has 22 heavy (non-hydrogen) atoms. The second-order valence-corrected chi connectivity index (χ2v) is 5.34. The van der Waals surface area contributed by atoms with Crippen molar-refractivity contribution in [2.24, 2.45) is 0 Å². The first-order valence-electron chi connectivity index (χ1n) is 6.84. The Morgan fingerprint density at radius 3 is 1.86 bits per heavy atom. The van der Waals surface area contributed by atoms with Gasteiger partial charge in [0.05, 0.1) is 11.1 Å². The van der Waals surface area contributed by atoms with Gasteiger partial charge in [-0.2, -0.15) is 0 Å². The molecular formula is C18H14O4. The van der Waals surface area contributed by atoms with Crippen LogP contribution in [0.3, 0.4) is 0 Å². The van der Waals surface area contributed by atoms with E-state index in [-0.39, 0.29) is 11.1 Å². The van der Waals surface area contributed by atoms with Crippen LogP contribution in [-0.4, -0.2) is 22.2 Å². The van der Waals surface area contributed by atoms with Crippen LogP contribution in [0.15, 0.2) is 36.4 Å². The highest BCUT2D eigenvalue weighted by molar-refractivity contribution is 6.24. The Hall–Kier alpha value is -2.88. The Bertz CT molecular complexity index is 954. The maximum Gasteiger partial charge on any atom is 0.336 e. The average Bonchev–Trinajstić information content (AvgIpc) is 2.48. The smallest absolute Gasteiger partial charge is 0.336 e. The van der Waals surface area contributed by atoms with E-state index in [4.69, 9.17) is 0 Å². The summed E-state index contributed by atoms with van der Waals surface area (Å²) in [7, 11) is 0. The van der Waals surface area contributed by atoms with Crippen LogP contribution < -0.4 is 0 Å². The van der Waals surface area contributed by atoms with Crippen molar-refractivity contribution in [1.82, 2.24) is 0 Å². The van der Waals surface area contributed by atoms with Gasteiger partial charge in [-0.3, -0.25) is 0 Å². The van der Waals surface area contributed by atoms with Gasteiger partial charge in [-0.25, -0.2) is 9.59 Å². The highest BCUT2D eigenvalue weighted by Gasteiger charge is 2.22. The number of hydrogen-bond donors (Lipinski definition) is 2. The van der Waals surface area contributed by atoms with Gasteiger partial charge in [-0.1, -0.05) is 36.4 Å². The topological polar surface area (TPSA) is 74.6 Å². The van der Waals surface area contributed by atoms with Crippen molar-refractivity contribution >= 4 is 33.5 Å². The van der Waals surface area contributed by atoms with Crippen LogP contribution in [0.2, 0.25) is 0 Å². The van der Waals surface area contributed by atoms with Crippen molar-refractivity contribution in [1.29, 1.82) is 0 Å². The number of rotatable bonds is 2. The lowest BCUT2D eigenvalue weighted by Crippen LogP contribution is -2.07. The maximum atomic E-state index is 11.8. The summed E-state index contributed by atoms with van der Waals surface area (Å²) >= 11 is 0. The normalized spacial score (nSPS) is 11.0. The van der Waals surface area contributed by atoms with Gasteiger partial charge in [-0.15, -0.1) is 0 Å². The van der Waals surface area contributed by atoms with Crippen molar-refractivity contribution in [3.05, 3.63) is 58.7 Å². The summed E-state index contributed by atoms with van der Waals surface area (Å²) in [5.74, 6) is -2.10. The summed E-state index contributed by atoms with van der Waals surface area (Å²) in [6.07, 6.45) is 0. The predicted molar refractivity (Wildman–Crippen MR) is 84.8 cm³/mol. The molecule has 0 atom stereocenters. The van der Waals surface area contributed by atoms with Gasteiger partial charge in [0.15, 0.2) is 0 Å². The minimum atomic E-state index is -1.05. The molecule has 3 aromatic carbocycles. The van der Waals surface area contributed by atoms with Crippen LogP contribution in [0, 0.1) is 13.8 Å². The highest BCUT2D eigenvalue weighted by Crippen LogP contribution is 2.35. The third-order valence-corrected chi connectivity index (χ3v) is 4.15. The molecule has 4 nitrogen and oxygen atoms in total. The third kappa shape index (κ3) is 1.84. The van der Waals surface area contributed by atoms with E-state index in [0.29, 0.717) is 21.5 Å². The van der Waals surface area contributed by atoms with Crippen LogP contribution in [-0.2, 0) is 0 Å². The van der Waals surface area contributed by atoms with Gasteiger partial charge < -0.3 is 10.2 Å². The van der Waals surface area contributed by atoms with E-state index in [1.165, 1.54) is 0 Å². The lowest BCUT2D eigenvalue weighted by atomic mass is 9.88. The van der Waals surface area contributed by atoms with E-state index in [1.54, 1.807) is 30.3 Å². The van der Waals surface area contributed by atoms with Crippen LogP contribution in [0.25, 0.3) is 21.5 Å². The largest absolute Gasteiger partial charge is 0.478 e. The fourth-order valence-electron chi connectivity index (χ4n) is 3.00. The lowest BCUT2D eigenvalue weighted by Gasteiger charge is -2.15. The van der Waals surface area contributed by atoms with Crippen LogP contribution in [0.1, 0.15) is 31.8 Å². The van der Waals surface area contributed by atoms with Crippen LogP contribution >= 0.6 is 0 Å². The van der Waals surface area contributed by atoms with E-state index in [0.717, 1.165) is 11.1 Å². The Morgan fingerprint density at radius 2 is 1.32 bits per heavy atom. The Labute approximate surface area is 126 Å². The molecule has 0 aromatic heterocycles. The molecule has 110 valence electrons. The molecule has 0 heterocycles. The first-order chi connectivity index (χ1) is 10.4. The van der Waals surface area contributed by atoms with E-state index >= 15 is 0 Å². The van der Waals surface area contributed by atoms with Crippen molar-refractivity contribution < 1.29 is 19.8 Å². The van der Waals surface area contributed by atoms with Gasteiger partial charge in [0.2, 0.25) is 0 Å². The van der Waals surface area contributed by atoms with Crippen LogP contribution in [0.4, 0.5) is 0 Å². The average molecular weight is 294 g/mol. The molecule has 0 radical (unpaired) electrons. The van der Waals surface area contributed by atoms with Crippen LogP contribution in [0.5, 0.6) is 0 Å². The molecule has 0 unspecified atom stereocenters. The quantitative estimate of drug-likeness (QED) is 0.700. The number of hydrogen-bond acceptors (Lipinski definition) is 2. The fraction of sp³-hybridized carbons (Fsp3) is 0.111. The Kier molecular flexibility index (Phi) is 3.10.